The molecule has 0 bridgehead atoms. The lowest BCUT2D eigenvalue weighted by Gasteiger charge is -2.28. The molecule has 1 unspecified atom stereocenters. The largest absolute Gasteiger partial charge is 0.466 e. The van der Waals surface area contributed by atoms with E-state index in [2.05, 4.69) is 36.8 Å². The minimum atomic E-state index is -0.884. The highest BCUT2D eigenvalue weighted by Gasteiger charge is 2.36. The molecule has 44 heavy (non-hydrogen) atoms. The van der Waals surface area contributed by atoms with E-state index < -0.39 is 17.8 Å². The zero-order chi connectivity index (χ0) is 31.1. The van der Waals surface area contributed by atoms with Gasteiger partial charge < -0.3 is 20.1 Å². The summed E-state index contributed by atoms with van der Waals surface area (Å²) in [6, 6.07) is 6.58. The Morgan fingerprint density at radius 3 is 2.70 bits per heavy atom. The van der Waals surface area contributed by atoms with Crippen LogP contribution in [0, 0.1) is 5.82 Å². The van der Waals surface area contributed by atoms with Crippen LogP contribution in [-0.4, -0.2) is 63.6 Å². The molecular formula is C29H33ClFN9O4. The van der Waals surface area contributed by atoms with Gasteiger partial charge in [0.2, 0.25) is 5.91 Å². The Morgan fingerprint density at radius 1 is 1.18 bits per heavy atom. The van der Waals surface area contributed by atoms with Crippen molar-refractivity contribution in [2.24, 2.45) is 4.99 Å². The van der Waals surface area contributed by atoms with Gasteiger partial charge in [-0.15, -0.1) is 5.10 Å². The summed E-state index contributed by atoms with van der Waals surface area (Å²) in [5, 5.41) is 14.5. The Morgan fingerprint density at radius 2 is 1.98 bits per heavy atom. The van der Waals surface area contributed by atoms with E-state index in [4.69, 9.17) is 26.1 Å². The number of rotatable bonds is 14. The quantitative estimate of drug-likeness (QED) is 0.118. The van der Waals surface area contributed by atoms with Crippen molar-refractivity contribution in [3.63, 3.8) is 0 Å². The molecular weight excluding hydrogens is 593 g/mol. The Bertz CT molecular complexity index is 1560. The molecule has 13 nitrogen and oxygen atoms in total. The first-order valence-electron chi connectivity index (χ1n) is 14.0. The van der Waals surface area contributed by atoms with Gasteiger partial charge in [0.25, 0.3) is 0 Å². The first-order chi connectivity index (χ1) is 21.2. The summed E-state index contributed by atoms with van der Waals surface area (Å²) in [6.07, 6.45) is 6.86. The smallest absolute Gasteiger partial charge is 0.338 e. The molecule has 1 aromatic carbocycles. The lowest BCUT2D eigenvalue weighted by Crippen LogP contribution is -2.35. The summed E-state index contributed by atoms with van der Waals surface area (Å²) in [4.78, 5) is 33.9. The third-order valence-corrected chi connectivity index (χ3v) is 7.44. The van der Waals surface area contributed by atoms with Crippen molar-refractivity contribution < 1.29 is 23.5 Å². The maximum Gasteiger partial charge on any atom is 0.338 e. The van der Waals surface area contributed by atoms with E-state index in [-0.39, 0.29) is 35.4 Å². The van der Waals surface area contributed by atoms with Gasteiger partial charge in [-0.3, -0.25) is 19.5 Å². The van der Waals surface area contributed by atoms with Gasteiger partial charge >= 0.3 is 5.97 Å². The standard InChI is InChI=1S/C29H33ClFN9O4/c1-29(37-38-29)9-6-24(41)33-10-3-13-40-15-20(36-39-40)16-44-17-23-25(28(42)43-2)26(21-5-4-19(31)14-22(21)30)35-27(34-23)18-7-11-32-12-8-18/h4-5,7-8,11-12,14-15,26,37-38H,3,6,9-10,13,16-17H2,1-2H3,(H,33,41)(H,34,35). The normalized spacial score (nSPS) is 17.1. The van der Waals surface area contributed by atoms with E-state index >= 15 is 0 Å². The number of aryl methyl sites for hydroxylation is 1. The second kappa shape index (κ2) is 14.0. The number of amidine groups is 1. The fourth-order valence-electron chi connectivity index (χ4n) is 4.59. The molecule has 1 atom stereocenters. The number of nitrogens with zero attached hydrogens (tertiary/aromatic N) is 5. The number of hydrazine groups is 1. The Balaban J connectivity index is 1.22. The molecule has 0 saturated carbocycles. The lowest BCUT2D eigenvalue weighted by atomic mass is 9.95. The predicted octanol–water partition coefficient (Wildman–Crippen LogP) is 2.31. The monoisotopic (exact) mass is 625 g/mol. The zero-order valence-electron chi connectivity index (χ0n) is 24.3. The van der Waals surface area contributed by atoms with Crippen LogP contribution in [0.5, 0.6) is 0 Å². The molecule has 0 radical (unpaired) electrons. The number of nitrogens with one attached hydrogen (secondary N) is 4. The van der Waals surface area contributed by atoms with Gasteiger partial charge in [0.05, 0.1) is 43.5 Å². The van der Waals surface area contributed by atoms with Gasteiger partial charge in [0.15, 0.2) is 0 Å². The van der Waals surface area contributed by atoms with Crippen molar-refractivity contribution in [3.05, 3.63) is 87.9 Å². The Kier molecular flexibility index (Phi) is 9.95. The summed E-state index contributed by atoms with van der Waals surface area (Å²) < 4.78 is 26.6. The SMILES string of the molecule is COC(=O)C1=C(COCc2cn(CCCNC(=O)CCC3(C)NN3)nn2)NC(c2ccncc2)=NC1c1ccc(F)cc1Cl. The van der Waals surface area contributed by atoms with Crippen LogP contribution in [0.25, 0.3) is 0 Å². The molecule has 3 aromatic rings. The highest BCUT2D eigenvalue weighted by atomic mass is 35.5. The van der Waals surface area contributed by atoms with E-state index in [1.807, 2.05) is 6.92 Å². The van der Waals surface area contributed by atoms with Crippen molar-refractivity contribution in [3.8, 4) is 0 Å². The molecule has 1 fully saturated rings. The number of carbonyl (C=O) groups is 2. The molecule has 4 N–H and O–H groups in total. The molecule has 2 aromatic heterocycles. The minimum Gasteiger partial charge on any atom is -0.466 e. The summed E-state index contributed by atoms with van der Waals surface area (Å²) >= 11 is 6.41. The number of aromatic nitrogens is 4. The molecule has 4 heterocycles. The first kappa shape index (κ1) is 31.2. The van der Waals surface area contributed by atoms with Crippen molar-refractivity contribution in [1.29, 1.82) is 0 Å². The molecule has 232 valence electrons. The third-order valence-electron chi connectivity index (χ3n) is 7.11. The molecule has 2 aliphatic heterocycles. The summed E-state index contributed by atoms with van der Waals surface area (Å²) in [5.74, 6) is -0.679. The van der Waals surface area contributed by atoms with Crippen LogP contribution in [0.1, 0.15) is 49.0 Å². The number of benzene rings is 1. The van der Waals surface area contributed by atoms with Crippen molar-refractivity contribution in [2.75, 3.05) is 20.3 Å². The number of hydrogen-bond acceptors (Lipinski definition) is 11. The van der Waals surface area contributed by atoms with Gasteiger partial charge in [0, 0.05) is 48.1 Å². The minimum absolute atomic E-state index is 0.00688. The van der Waals surface area contributed by atoms with Crippen LogP contribution in [0.15, 0.2) is 65.2 Å². The number of halogens is 2. The maximum atomic E-state index is 13.9. The fourth-order valence-corrected chi connectivity index (χ4v) is 4.86. The zero-order valence-corrected chi connectivity index (χ0v) is 25.0. The molecule has 1 amide bonds. The van der Waals surface area contributed by atoms with Crippen LogP contribution in [-0.2, 0) is 32.2 Å². The van der Waals surface area contributed by atoms with Crippen molar-refractivity contribution in [2.45, 2.75) is 51.0 Å². The number of pyridine rings is 1. The molecule has 0 aliphatic carbocycles. The number of amides is 1. The molecule has 2 aliphatic rings. The first-order valence-corrected chi connectivity index (χ1v) is 14.4. The van der Waals surface area contributed by atoms with Gasteiger partial charge in [0.1, 0.15) is 23.4 Å². The van der Waals surface area contributed by atoms with E-state index in [1.54, 1.807) is 35.4 Å². The number of methoxy groups -OCH3 is 1. The Labute approximate surface area is 258 Å². The van der Waals surface area contributed by atoms with E-state index in [9.17, 15) is 14.0 Å². The van der Waals surface area contributed by atoms with Gasteiger partial charge in [-0.05, 0) is 44.0 Å². The van der Waals surface area contributed by atoms with Gasteiger partial charge in [-0.2, -0.15) is 0 Å². The predicted molar refractivity (Wildman–Crippen MR) is 158 cm³/mol. The van der Waals surface area contributed by atoms with Gasteiger partial charge in [-0.25, -0.2) is 20.0 Å². The summed E-state index contributed by atoms with van der Waals surface area (Å²) in [5.41, 5.74) is 8.23. The second-order valence-corrected chi connectivity index (χ2v) is 10.9. The highest BCUT2D eigenvalue weighted by molar-refractivity contribution is 6.31. The van der Waals surface area contributed by atoms with Crippen LogP contribution in [0.2, 0.25) is 5.02 Å². The maximum absolute atomic E-state index is 13.9. The average Bonchev–Trinajstić information content (AvgIpc) is 3.59. The van der Waals surface area contributed by atoms with Crippen LogP contribution < -0.4 is 21.5 Å². The number of aliphatic imine (C=N–C) groups is 1. The number of hydrogen-bond donors (Lipinski definition) is 4. The average molecular weight is 626 g/mol. The van der Waals surface area contributed by atoms with Crippen molar-refractivity contribution in [1.82, 2.24) is 41.5 Å². The molecule has 5 rings (SSSR count). The summed E-state index contributed by atoms with van der Waals surface area (Å²) in [7, 11) is 1.27. The fraction of sp³-hybridized carbons (Fsp3) is 0.379. The van der Waals surface area contributed by atoms with Crippen molar-refractivity contribution >= 4 is 29.3 Å². The highest BCUT2D eigenvalue weighted by Crippen LogP contribution is 2.36. The topological polar surface area (TPSA) is 176 Å². The summed E-state index contributed by atoms with van der Waals surface area (Å²) in [6.45, 7) is 3.19. The van der Waals surface area contributed by atoms with E-state index in [0.29, 0.717) is 48.7 Å². The van der Waals surface area contributed by atoms with E-state index in [0.717, 1.165) is 12.0 Å². The van der Waals surface area contributed by atoms with Crippen LogP contribution in [0.4, 0.5) is 4.39 Å². The third kappa shape index (κ3) is 8.02. The van der Waals surface area contributed by atoms with Crippen LogP contribution >= 0.6 is 11.6 Å². The number of esters is 1. The number of ether oxygens (including phenoxy) is 2. The lowest BCUT2D eigenvalue weighted by molar-refractivity contribution is -0.136. The second-order valence-electron chi connectivity index (χ2n) is 10.5. The van der Waals surface area contributed by atoms with Gasteiger partial charge in [-0.1, -0.05) is 22.9 Å². The number of carbonyl (C=O) groups excluding carboxylic acids is 2. The molecule has 0 spiro atoms. The Hall–Kier alpha value is -4.24. The van der Waals surface area contributed by atoms with Crippen LogP contribution in [0.3, 0.4) is 0 Å². The molecule has 15 heteroatoms. The van der Waals surface area contributed by atoms with E-state index in [1.165, 1.54) is 25.3 Å². The molecule has 1 saturated heterocycles.